The van der Waals surface area contributed by atoms with Crippen LogP contribution in [-0.2, 0) is 0 Å². The molecule has 0 fully saturated rings. The van der Waals surface area contributed by atoms with E-state index in [-0.39, 0.29) is 0 Å². The molecule has 2 heteroatoms. The fourth-order valence-corrected chi connectivity index (χ4v) is 0.984. The third-order valence-corrected chi connectivity index (χ3v) is 2.15. The quantitative estimate of drug-likeness (QED) is 0.576. The first-order valence-electron chi connectivity index (χ1n) is 4.49. The number of aliphatic hydroxyl groups is 1. The van der Waals surface area contributed by atoms with Crippen LogP contribution in [0.3, 0.4) is 0 Å². The standard InChI is InChI=1S/C9H21NO/c1-4-9(2,11)7-5-6-8-10-3/h10-11H,4-8H2,1-3H3. The SMILES string of the molecule is CCC(C)(O)CCCCNC. The summed E-state index contributed by atoms with van der Waals surface area (Å²) in [5.41, 5.74) is -0.437. The maximum atomic E-state index is 9.60. The summed E-state index contributed by atoms with van der Waals surface area (Å²) >= 11 is 0. The van der Waals surface area contributed by atoms with Crippen molar-refractivity contribution in [3.8, 4) is 0 Å². The third kappa shape index (κ3) is 6.32. The summed E-state index contributed by atoms with van der Waals surface area (Å²) in [5.74, 6) is 0. The second-order valence-corrected chi connectivity index (χ2v) is 3.41. The van der Waals surface area contributed by atoms with E-state index >= 15 is 0 Å². The van der Waals surface area contributed by atoms with E-state index in [1.807, 2.05) is 20.9 Å². The second kappa shape index (κ2) is 5.56. The van der Waals surface area contributed by atoms with Crippen molar-refractivity contribution in [2.75, 3.05) is 13.6 Å². The van der Waals surface area contributed by atoms with Gasteiger partial charge in [0.05, 0.1) is 5.60 Å². The van der Waals surface area contributed by atoms with Gasteiger partial charge in [0.1, 0.15) is 0 Å². The summed E-state index contributed by atoms with van der Waals surface area (Å²) in [6, 6.07) is 0. The molecule has 0 aromatic rings. The van der Waals surface area contributed by atoms with Crippen LogP contribution in [0.25, 0.3) is 0 Å². The highest BCUT2D eigenvalue weighted by atomic mass is 16.3. The van der Waals surface area contributed by atoms with Crippen LogP contribution in [0, 0.1) is 0 Å². The number of hydrogen-bond donors (Lipinski definition) is 2. The smallest absolute Gasteiger partial charge is 0.0617 e. The first-order chi connectivity index (χ1) is 5.12. The number of nitrogens with one attached hydrogen (secondary N) is 1. The summed E-state index contributed by atoms with van der Waals surface area (Å²) in [5, 5.41) is 12.7. The molecule has 0 spiro atoms. The van der Waals surface area contributed by atoms with Crippen LogP contribution in [0.5, 0.6) is 0 Å². The molecule has 2 nitrogen and oxygen atoms in total. The Morgan fingerprint density at radius 1 is 1.36 bits per heavy atom. The highest BCUT2D eigenvalue weighted by molar-refractivity contribution is 4.69. The van der Waals surface area contributed by atoms with Gasteiger partial charge in [-0.15, -0.1) is 0 Å². The molecule has 0 bridgehead atoms. The largest absolute Gasteiger partial charge is 0.390 e. The van der Waals surface area contributed by atoms with Gasteiger partial charge in [-0.3, -0.25) is 0 Å². The van der Waals surface area contributed by atoms with Crippen LogP contribution in [0.1, 0.15) is 39.5 Å². The molecule has 0 aliphatic rings. The lowest BCUT2D eigenvalue weighted by molar-refractivity contribution is 0.0445. The minimum absolute atomic E-state index is 0.437. The maximum absolute atomic E-state index is 9.60. The highest BCUT2D eigenvalue weighted by Gasteiger charge is 2.15. The zero-order chi connectivity index (χ0) is 8.74. The Balaban J connectivity index is 3.23. The Morgan fingerprint density at radius 2 is 2.00 bits per heavy atom. The second-order valence-electron chi connectivity index (χ2n) is 3.41. The lowest BCUT2D eigenvalue weighted by Crippen LogP contribution is -2.22. The van der Waals surface area contributed by atoms with Gasteiger partial charge in [-0.05, 0) is 46.2 Å². The molecule has 0 radical (unpaired) electrons. The number of unbranched alkanes of at least 4 members (excludes halogenated alkanes) is 1. The first-order valence-corrected chi connectivity index (χ1v) is 4.49. The monoisotopic (exact) mass is 159 g/mol. The van der Waals surface area contributed by atoms with Gasteiger partial charge >= 0.3 is 0 Å². The maximum Gasteiger partial charge on any atom is 0.0617 e. The topological polar surface area (TPSA) is 32.3 Å². The van der Waals surface area contributed by atoms with E-state index in [2.05, 4.69) is 5.32 Å². The van der Waals surface area contributed by atoms with Crippen LogP contribution < -0.4 is 5.32 Å². The summed E-state index contributed by atoms with van der Waals surface area (Å²) in [6.45, 7) is 4.99. The minimum atomic E-state index is -0.437. The molecule has 0 rings (SSSR count). The van der Waals surface area contributed by atoms with E-state index in [1.165, 1.54) is 0 Å². The van der Waals surface area contributed by atoms with Crippen molar-refractivity contribution in [1.29, 1.82) is 0 Å². The van der Waals surface area contributed by atoms with E-state index in [1.54, 1.807) is 0 Å². The van der Waals surface area contributed by atoms with Gasteiger partial charge < -0.3 is 10.4 Å². The lowest BCUT2D eigenvalue weighted by atomic mass is 9.96. The fourth-order valence-electron chi connectivity index (χ4n) is 0.984. The Bertz CT molecular complexity index is 91.6. The van der Waals surface area contributed by atoms with Crippen molar-refractivity contribution in [1.82, 2.24) is 5.32 Å². The average molecular weight is 159 g/mol. The van der Waals surface area contributed by atoms with Gasteiger partial charge in [-0.2, -0.15) is 0 Å². The zero-order valence-corrected chi connectivity index (χ0v) is 7.98. The molecule has 0 saturated heterocycles. The summed E-state index contributed by atoms with van der Waals surface area (Å²) < 4.78 is 0. The van der Waals surface area contributed by atoms with E-state index < -0.39 is 5.60 Å². The molecule has 0 aliphatic carbocycles. The normalized spacial score (nSPS) is 16.4. The van der Waals surface area contributed by atoms with Gasteiger partial charge in [0.25, 0.3) is 0 Å². The third-order valence-electron chi connectivity index (χ3n) is 2.15. The molecule has 0 aromatic heterocycles. The molecular weight excluding hydrogens is 138 g/mol. The Labute approximate surface area is 70.0 Å². The van der Waals surface area contributed by atoms with E-state index in [0.717, 1.165) is 32.2 Å². The molecule has 11 heavy (non-hydrogen) atoms. The van der Waals surface area contributed by atoms with Crippen molar-refractivity contribution in [3.63, 3.8) is 0 Å². The molecule has 0 heterocycles. The van der Waals surface area contributed by atoms with E-state index in [4.69, 9.17) is 0 Å². The van der Waals surface area contributed by atoms with Crippen LogP contribution in [0.2, 0.25) is 0 Å². The molecule has 0 amide bonds. The van der Waals surface area contributed by atoms with E-state index in [0.29, 0.717) is 0 Å². The van der Waals surface area contributed by atoms with Crippen LogP contribution in [0.15, 0.2) is 0 Å². The van der Waals surface area contributed by atoms with Crippen molar-refractivity contribution in [2.45, 2.75) is 45.1 Å². The molecule has 1 unspecified atom stereocenters. The van der Waals surface area contributed by atoms with Gasteiger partial charge in [0.2, 0.25) is 0 Å². The fraction of sp³-hybridized carbons (Fsp3) is 1.00. The molecule has 0 saturated carbocycles. The predicted octanol–water partition coefficient (Wildman–Crippen LogP) is 1.54. The number of hydrogen-bond acceptors (Lipinski definition) is 2. The Morgan fingerprint density at radius 3 is 2.45 bits per heavy atom. The number of rotatable bonds is 6. The van der Waals surface area contributed by atoms with Gasteiger partial charge in [-0.1, -0.05) is 6.92 Å². The highest BCUT2D eigenvalue weighted by Crippen LogP contribution is 2.16. The molecular formula is C9H21NO. The van der Waals surface area contributed by atoms with Gasteiger partial charge in [0.15, 0.2) is 0 Å². The van der Waals surface area contributed by atoms with Crippen LogP contribution in [-0.4, -0.2) is 24.3 Å². The Hall–Kier alpha value is -0.0800. The average Bonchev–Trinajstić information content (AvgIpc) is 1.99. The summed E-state index contributed by atoms with van der Waals surface area (Å²) in [7, 11) is 1.96. The van der Waals surface area contributed by atoms with Crippen LogP contribution in [0.4, 0.5) is 0 Å². The van der Waals surface area contributed by atoms with Gasteiger partial charge in [-0.25, -0.2) is 0 Å². The van der Waals surface area contributed by atoms with Gasteiger partial charge in [0, 0.05) is 0 Å². The van der Waals surface area contributed by atoms with Crippen molar-refractivity contribution in [2.24, 2.45) is 0 Å². The van der Waals surface area contributed by atoms with Crippen molar-refractivity contribution >= 4 is 0 Å². The Kier molecular flexibility index (Phi) is 5.51. The summed E-state index contributed by atoms with van der Waals surface area (Å²) in [4.78, 5) is 0. The van der Waals surface area contributed by atoms with Crippen molar-refractivity contribution < 1.29 is 5.11 Å². The molecule has 1 atom stereocenters. The molecule has 2 N–H and O–H groups in total. The lowest BCUT2D eigenvalue weighted by Gasteiger charge is -2.20. The minimum Gasteiger partial charge on any atom is -0.390 e. The van der Waals surface area contributed by atoms with E-state index in [9.17, 15) is 5.11 Å². The zero-order valence-electron chi connectivity index (χ0n) is 7.98. The molecule has 0 aromatic carbocycles. The predicted molar refractivity (Wildman–Crippen MR) is 48.7 cm³/mol. The summed E-state index contributed by atoms with van der Waals surface area (Å²) in [6.07, 6.45) is 4.05. The van der Waals surface area contributed by atoms with Crippen molar-refractivity contribution in [3.05, 3.63) is 0 Å². The van der Waals surface area contributed by atoms with Crippen LogP contribution >= 0.6 is 0 Å². The first kappa shape index (κ1) is 10.9. The molecule has 0 aliphatic heterocycles. The molecule has 68 valence electrons.